The molecule has 178 valence electrons. The summed E-state index contributed by atoms with van der Waals surface area (Å²) in [6.45, 7) is 3.96. The molecule has 0 aliphatic heterocycles. The highest BCUT2D eigenvalue weighted by Crippen LogP contribution is 2.19. The van der Waals surface area contributed by atoms with Crippen molar-refractivity contribution in [2.24, 2.45) is 0 Å². The molecule has 0 aromatic heterocycles. The maximum absolute atomic E-state index is 12.1. The van der Waals surface area contributed by atoms with Gasteiger partial charge in [0.1, 0.15) is 12.7 Å². The highest BCUT2D eigenvalue weighted by molar-refractivity contribution is 5.82. The minimum atomic E-state index is -0.994. The molecule has 1 unspecified atom stereocenters. The van der Waals surface area contributed by atoms with Gasteiger partial charge >= 0.3 is 5.97 Å². The Labute approximate surface area is 186 Å². The van der Waals surface area contributed by atoms with Crippen LogP contribution in [0.4, 0.5) is 0 Å². The van der Waals surface area contributed by atoms with Gasteiger partial charge in [0, 0.05) is 6.08 Å². The molecule has 2 N–H and O–H groups in total. The Morgan fingerprint density at radius 1 is 0.733 bits per heavy atom. The van der Waals surface area contributed by atoms with Crippen molar-refractivity contribution >= 4 is 5.97 Å². The summed E-state index contributed by atoms with van der Waals surface area (Å²) < 4.78 is 5.06. The lowest BCUT2D eigenvalue weighted by atomic mass is 9.99. The molecule has 1 atom stereocenters. The number of carbonyl (C=O) groups excluding carboxylic acids is 1. The lowest BCUT2D eigenvalue weighted by Gasteiger charge is -2.10. The molecule has 0 aromatic rings. The number of hydrogen-bond donors (Lipinski definition) is 2. The zero-order chi connectivity index (χ0) is 22.3. The van der Waals surface area contributed by atoms with Gasteiger partial charge in [0.05, 0.1) is 6.61 Å². The Hall–Kier alpha value is -0.870. The number of hydrogen-bond acceptors (Lipinski definition) is 4. The van der Waals surface area contributed by atoms with Crippen LogP contribution in [0.15, 0.2) is 11.6 Å². The van der Waals surface area contributed by atoms with Crippen molar-refractivity contribution in [1.82, 2.24) is 0 Å². The van der Waals surface area contributed by atoms with Crippen LogP contribution in [-0.2, 0) is 9.53 Å². The van der Waals surface area contributed by atoms with Gasteiger partial charge in [0.25, 0.3) is 0 Å². The summed E-state index contributed by atoms with van der Waals surface area (Å²) in [4.78, 5) is 12.1. The van der Waals surface area contributed by atoms with Crippen molar-refractivity contribution in [3.8, 4) is 0 Å². The molecule has 0 spiro atoms. The van der Waals surface area contributed by atoms with Crippen molar-refractivity contribution in [2.45, 2.75) is 136 Å². The Kier molecular flexibility index (Phi) is 22.1. The molecule has 0 heterocycles. The second-order valence-electron chi connectivity index (χ2n) is 8.72. The molecule has 0 radical (unpaired) electrons. The molecular formula is C26H50O4. The zero-order valence-corrected chi connectivity index (χ0v) is 20.0. The first-order chi connectivity index (χ1) is 14.6. The van der Waals surface area contributed by atoms with Crippen LogP contribution in [0.5, 0.6) is 0 Å². The van der Waals surface area contributed by atoms with Crippen LogP contribution in [0.1, 0.15) is 129 Å². The standard InChI is InChI=1S/C26H50O4/c1-3-5-7-9-11-13-15-17-19-24(21-26(29)30-23-25(28)22-27)20-18-16-14-12-10-8-6-4-2/h21,25,27-28H,3-20,22-23H2,1-2H3. The van der Waals surface area contributed by atoms with E-state index in [4.69, 9.17) is 9.84 Å². The van der Waals surface area contributed by atoms with Crippen molar-refractivity contribution in [2.75, 3.05) is 13.2 Å². The van der Waals surface area contributed by atoms with E-state index < -0.39 is 12.1 Å². The maximum atomic E-state index is 12.1. The molecule has 0 amide bonds. The van der Waals surface area contributed by atoms with Gasteiger partial charge in [0.15, 0.2) is 0 Å². The monoisotopic (exact) mass is 426 g/mol. The van der Waals surface area contributed by atoms with Crippen molar-refractivity contribution in [3.63, 3.8) is 0 Å². The smallest absolute Gasteiger partial charge is 0.330 e. The zero-order valence-electron chi connectivity index (χ0n) is 20.0. The second-order valence-corrected chi connectivity index (χ2v) is 8.72. The summed E-state index contributed by atoms with van der Waals surface area (Å²) >= 11 is 0. The molecule has 0 aliphatic carbocycles. The molecule has 0 aliphatic rings. The molecular weight excluding hydrogens is 376 g/mol. The number of carbonyl (C=O) groups is 1. The molecule has 4 nitrogen and oxygen atoms in total. The lowest BCUT2D eigenvalue weighted by Crippen LogP contribution is -2.21. The van der Waals surface area contributed by atoms with Crippen LogP contribution >= 0.6 is 0 Å². The highest BCUT2D eigenvalue weighted by Gasteiger charge is 2.08. The van der Waals surface area contributed by atoms with Crippen molar-refractivity contribution in [1.29, 1.82) is 0 Å². The van der Waals surface area contributed by atoms with Crippen LogP contribution in [0.2, 0.25) is 0 Å². The summed E-state index contributed by atoms with van der Waals surface area (Å²) in [7, 11) is 0. The van der Waals surface area contributed by atoms with Gasteiger partial charge in [-0.25, -0.2) is 4.79 Å². The second kappa shape index (κ2) is 22.8. The predicted molar refractivity (Wildman–Crippen MR) is 127 cm³/mol. The molecule has 30 heavy (non-hydrogen) atoms. The Balaban J connectivity index is 4.18. The van der Waals surface area contributed by atoms with Gasteiger partial charge in [-0.3, -0.25) is 0 Å². The quantitative estimate of drug-likeness (QED) is 0.113. The SMILES string of the molecule is CCCCCCCCCCC(=CC(=O)OCC(O)CO)CCCCCCCCCC. The predicted octanol–water partition coefficient (Wildman–Crippen LogP) is 6.87. The van der Waals surface area contributed by atoms with Gasteiger partial charge in [-0.1, -0.05) is 109 Å². The average molecular weight is 427 g/mol. The molecule has 0 saturated carbocycles. The van der Waals surface area contributed by atoms with Crippen LogP contribution in [0.25, 0.3) is 0 Å². The van der Waals surface area contributed by atoms with Gasteiger partial charge in [0.2, 0.25) is 0 Å². The topological polar surface area (TPSA) is 66.8 Å². The number of rotatable bonds is 22. The van der Waals surface area contributed by atoms with E-state index in [0.717, 1.165) is 25.7 Å². The van der Waals surface area contributed by atoms with Crippen molar-refractivity contribution in [3.05, 3.63) is 11.6 Å². The van der Waals surface area contributed by atoms with E-state index >= 15 is 0 Å². The van der Waals surface area contributed by atoms with Crippen LogP contribution in [0, 0.1) is 0 Å². The van der Waals surface area contributed by atoms with Gasteiger partial charge < -0.3 is 14.9 Å². The third kappa shape index (κ3) is 20.4. The van der Waals surface area contributed by atoms with E-state index in [1.54, 1.807) is 6.08 Å². The summed E-state index contributed by atoms with van der Waals surface area (Å²) in [5.41, 5.74) is 1.18. The van der Waals surface area contributed by atoms with Gasteiger partial charge in [-0.2, -0.15) is 0 Å². The van der Waals surface area contributed by atoms with Crippen LogP contribution < -0.4 is 0 Å². The van der Waals surface area contributed by atoms with Gasteiger partial charge in [-0.05, 0) is 25.7 Å². The van der Waals surface area contributed by atoms with Crippen molar-refractivity contribution < 1.29 is 19.7 Å². The summed E-state index contributed by atoms with van der Waals surface area (Å²) in [6, 6.07) is 0. The fraction of sp³-hybridized carbons (Fsp3) is 0.885. The molecule has 0 fully saturated rings. The first-order valence-electron chi connectivity index (χ1n) is 12.8. The Bertz CT molecular complexity index is 384. The van der Waals surface area contributed by atoms with E-state index in [0.29, 0.717) is 0 Å². The molecule has 0 bridgehead atoms. The maximum Gasteiger partial charge on any atom is 0.330 e. The number of ether oxygens (including phenoxy) is 1. The molecule has 0 aromatic carbocycles. The number of aliphatic hydroxyl groups excluding tert-OH is 2. The van der Waals surface area contributed by atoms with Crippen LogP contribution in [0.3, 0.4) is 0 Å². The number of unbranched alkanes of at least 4 members (excludes halogenated alkanes) is 14. The first kappa shape index (κ1) is 29.1. The minimum absolute atomic E-state index is 0.144. The largest absolute Gasteiger partial charge is 0.460 e. The normalized spacial score (nSPS) is 12.0. The number of aliphatic hydroxyl groups is 2. The Morgan fingerprint density at radius 3 is 1.53 bits per heavy atom. The summed E-state index contributed by atoms with van der Waals surface area (Å²) in [5, 5.41) is 18.2. The van der Waals surface area contributed by atoms with E-state index in [1.165, 1.54) is 95.5 Å². The minimum Gasteiger partial charge on any atom is -0.460 e. The molecule has 4 heteroatoms. The summed E-state index contributed by atoms with van der Waals surface area (Å²) in [6.07, 6.45) is 23.1. The molecule has 0 rings (SSSR count). The summed E-state index contributed by atoms with van der Waals surface area (Å²) in [5.74, 6) is -0.392. The average Bonchev–Trinajstić information content (AvgIpc) is 2.75. The lowest BCUT2D eigenvalue weighted by molar-refractivity contribution is -0.141. The van der Waals surface area contributed by atoms with E-state index in [2.05, 4.69) is 13.8 Å². The fourth-order valence-corrected chi connectivity index (χ4v) is 3.68. The highest BCUT2D eigenvalue weighted by atomic mass is 16.5. The first-order valence-corrected chi connectivity index (χ1v) is 12.8. The third-order valence-electron chi connectivity index (χ3n) is 5.65. The molecule has 0 saturated heterocycles. The van der Waals surface area contributed by atoms with E-state index in [1.807, 2.05) is 0 Å². The third-order valence-corrected chi connectivity index (χ3v) is 5.65. The van der Waals surface area contributed by atoms with Crippen LogP contribution in [-0.4, -0.2) is 35.5 Å². The Morgan fingerprint density at radius 2 is 1.13 bits per heavy atom. The van der Waals surface area contributed by atoms with E-state index in [9.17, 15) is 9.90 Å². The number of esters is 1. The number of allylic oxidation sites excluding steroid dienone is 1. The van der Waals surface area contributed by atoms with E-state index in [-0.39, 0.29) is 13.2 Å². The fourth-order valence-electron chi connectivity index (χ4n) is 3.68. The van der Waals surface area contributed by atoms with Gasteiger partial charge in [-0.15, -0.1) is 0 Å².